The highest BCUT2D eigenvalue weighted by Gasteiger charge is 2.30. The third kappa shape index (κ3) is 4.34. The number of nitro groups is 1. The maximum absolute atomic E-state index is 12.9. The van der Waals surface area contributed by atoms with Crippen molar-refractivity contribution in [1.29, 1.82) is 0 Å². The van der Waals surface area contributed by atoms with Gasteiger partial charge in [0, 0.05) is 34.8 Å². The minimum absolute atomic E-state index is 0.0617. The van der Waals surface area contributed by atoms with Gasteiger partial charge < -0.3 is 4.98 Å². The zero-order chi connectivity index (χ0) is 22.9. The van der Waals surface area contributed by atoms with Crippen molar-refractivity contribution in [2.45, 2.75) is 6.18 Å². The molecule has 0 aliphatic carbocycles. The van der Waals surface area contributed by atoms with Crippen LogP contribution in [-0.2, 0) is 6.18 Å². The molecule has 0 atom stereocenters. The van der Waals surface area contributed by atoms with Gasteiger partial charge in [-0.2, -0.15) is 13.2 Å². The molecule has 8 nitrogen and oxygen atoms in total. The van der Waals surface area contributed by atoms with Crippen LogP contribution in [0.4, 0.5) is 24.0 Å². The molecular formula is C20H12F3N5O3S. The van der Waals surface area contributed by atoms with Crippen molar-refractivity contribution in [1.82, 2.24) is 15.0 Å². The molecule has 0 saturated carbocycles. The number of aromatic amines is 1. The number of hydrogen-bond donors (Lipinski definition) is 2. The lowest BCUT2D eigenvalue weighted by Gasteiger charge is -2.08. The highest BCUT2D eigenvalue weighted by Crippen LogP contribution is 2.32. The Labute approximate surface area is 181 Å². The van der Waals surface area contributed by atoms with Crippen LogP contribution in [0.25, 0.3) is 22.6 Å². The number of non-ortho nitro benzene ring substituents is 1. The van der Waals surface area contributed by atoms with Crippen molar-refractivity contribution in [3.63, 3.8) is 0 Å². The molecule has 1 amide bonds. The first-order valence-electron chi connectivity index (χ1n) is 8.95. The number of nitrogens with one attached hydrogen (secondary N) is 2. The number of aromatic nitrogens is 3. The molecule has 2 heterocycles. The number of carbonyl (C=O) groups excluding carboxylic acids is 1. The molecule has 0 unspecified atom stereocenters. The number of rotatable bonds is 5. The van der Waals surface area contributed by atoms with Crippen LogP contribution in [0.15, 0.2) is 60.1 Å². The Morgan fingerprint density at radius 1 is 1.06 bits per heavy atom. The number of H-pyrrole nitrogens is 1. The van der Waals surface area contributed by atoms with E-state index >= 15 is 0 Å². The Hall–Kier alpha value is -4.06. The molecule has 4 aromatic rings. The summed E-state index contributed by atoms with van der Waals surface area (Å²) in [5.74, 6) is -0.390. The summed E-state index contributed by atoms with van der Waals surface area (Å²) in [5.41, 5.74) is -0.0513. The lowest BCUT2D eigenvalue weighted by molar-refractivity contribution is -0.384. The van der Waals surface area contributed by atoms with Gasteiger partial charge in [-0.1, -0.05) is 12.1 Å². The van der Waals surface area contributed by atoms with Gasteiger partial charge in [-0.05, 0) is 24.3 Å². The van der Waals surface area contributed by atoms with Crippen LogP contribution < -0.4 is 5.32 Å². The van der Waals surface area contributed by atoms with Crippen LogP contribution in [0.2, 0.25) is 0 Å². The van der Waals surface area contributed by atoms with Gasteiger partial charge in [-0.15, -0.1) is 11.3 Å². The minimum atomic E-state index is -4.50. The monoisotopic (exact) mass is 459 g/mol. The summed E-state index contributed by atoms with van der Waals surface area (Å²) >= 11 is 1.19. The first-order chi connectivity index (χ1) is 15.2. The summed E-state index contributed by atoms with van der Waals surface area (Å²) in [4.78, 5) is 34.4. The molecule has 0 aliphatic rings. The first-order valence-corrected chi connectivity index (χ1v) is 9.83. The van der Waals surface area contributed by atoms with Gasteiger partial charge in [0.2, 0.25) is 0 Å². The number of carbonyl (C=O) groups is 1. The number of halogens is 3. The van der Waals surface area contributed by atoms with Crippen LogP contribution in [0, 0.1) is 10.1 Å². The molecule has 32 heavy (non-hydrogen) atoms. The van der Waals surface area contributed by atoms with Gasteiger partial charge in [0.1, 0.15) is 5.82 Å². The van der Waals surface area contributed by atoms with Gasteiger partial charge in [-0.25, -0.2) is 9.97 Å². The fraction of sp³-hybridized carbons (Fsp3) is 0.0500. The number of benzene rings is 2. The van der Waals surface area contributed by atoms with E-state index in [9.17, 15) is 28.1 Å². The van der Waals surface area contributed by atoms with Gasteiger partial charge in [0.15, 0.2) is 10.8 Å². The molecule has 4 rings (SSSR count). The number of imidazole rings is 1. The number of nitro benzene ring substituents is 1. The number of nitrogens with zero attached hydrogens (tertiary/aromatic N) is 3. The van der Waals surface area contributed by atoms with E-state index in [0.717, 1.165) is 12.1 Å². The quantitative estimate of drug-likeness (QED) is 0.307. The van der Waals surface area contributed by atoms with Crippen molar-refractivity contribution >= 4 is 28.1 Å². The highest BCUT2D eigenvalue weighted by molar-refractivity contribution is 7.13. The summed E-state index contributed by atoms with van der Waals surface area (Å²) in [6.07, 6.45) is -2.99. The van der Waals surface area contributed by atoms with E-state index in [4.69, 9.17) is 0 Å². The average molecular weight is 459 g/mol. The number of anilines is 1. The number of amides is 1. The van der Waals surface area contributed by atoms with E-state index in [1.165, 1.54) is 53.9 Å². The van der Waals surface area contributed by atoms with E-state index in [-0.39, 0.29) is 22.9 Å². The van der Waals surface area contributed by atoms with Crippen LogP contribution in [-0.4, -0.2) is 25.8 Å². The lowest BCUT2D eigenvalue weighted by Crippen LogP contribution is -2.13. The second-order valence-corrected chi connectivity index (χ2v) is 7.37. The predicted molar refractivity (Wildman–Crippen MR) is 111 cm³/mol. The first kappa shape index (κ1) is 21.2. The molecule has 0 bridgehead atoms. The lowest BCUT2D eigenvalue weighted by atomic mass is 10.1. The topological polar surface area (TPSA) is 114 Å². The van der Waals surface area contributed by atoms with Crippen LogP contribution in [0.1, 0.15) is 16.1 Å². The van der Waals surface area contributed by atoms with Crippen molar-refractivity contribution < 1.29 is 22.9 Å². The Bertz CT molecular complexity index is 1270. The van der Waals surface area contributed by atoms with Crippen LogP contribution in [0.3, 0.4) is 0 Å². The second-order valence-electron chi connectivity index (χ2n) is 6.48. The fourth-order valence-corrected chi connectivity index (χ4v) is 3.42. The molecule has 0 saturated heterocycles. The standard InChI is InChI=1S/C20H12F3N5O3S/c21-20(22,23)13-5-1-11(2-6-13)15-16(18(29)27-19-24-9-10-32-19)26-17(25-15)12-3-7-14(8-4-12)28(30)31/h1-10H,(H,25,26)(H,24,27,29). The summed E-state index contributed by atoms with van der Waals surface area (Å²) in [6, 6.07) is 9.75. The van der Waals surface area contributed by atoms with Crippen molar-refractivity contribution in [3.8, 4) is 22.6 Å². The molecular weight excluding hydrogens is 447 g/mol. The normalized spacial score (nSPS) is 11.3. The van der Waals surface area contributed by atoms with Crippen molar-refractivity contribution in [2.24, 2.45) is 0 Å². The predicted octanol–water partition coefficient (Wildman–Crippen LogP) is 5.38. The Morgan fingerprint density at radius 2 is 1.72 bits per heavy atom. The summed E-state index contributed by atoms with van der Waals surface area (Å²) in [5, 5.41) is 15.5. The smallest absolute Gasteiger partial charge is 0.337 e. The molecule has 0 radical (unpaired) electrons. The number of hydrogen-bond acceptors (Lipinski definition) is 6. The van der Waals surface area contributed by atoms with Gasteiger partial charge in [-0.3, -0.25) is 20.2 Å². The zero-order valence-corrected chi connectivity index (χ0v) is 16.7. The van der Waals surface area contributed by atoms with Gasteiger partial charge in [0.25, 0.3) is 11.6 Å². The summed E-state index contributed by atoms with van der Waals surface area (Å²) in [7, 11) is 0. The van der Waals surface area contributed by atoms with Crippen molar-refractivity contribution in [2.75, 3.05) is 5.32 Å². The average Bonchev–Trinajstić information content (AvgIpc) is 3.43. The maximum atomic E-state index is 12.9. The van der Waals surface area contributed by atoms with Gasteiger partial charge >= 0.3 is 6.18 Å². The third-order valence-electron chi connectivity index (χ3n) is 4.42. The van der Waals surface area contributed by atoms with Crippen LogP contribution in [0.5, 0.6) is 0 Å². The minimum Gasteiger partial charge on any atom is -0.337 e. The highest BCUT2D eigenvalue weighted by atomic mass is 32.1. The summed E-state index contributed by atoms with van der Waals surface area (Å²) < 4.78 is 38.8. The summed E-state index contributed by atoms with van der Waals surface area (Å²) in [6.45, 7) is 0. The zero-order valence-electron chi connectivity index (χ0n) is 15.9. The Kier molecular flexibility index (Phi) is 5.45. The number of alkyl halides is 3. The molecule has 2 aromatic heterocycles. The van der Waals surface area contributed by atoms with Crippen molar-refractivity contribution in [3.05, 3.63) is 81.5 Å². The largest absolute Gasteiger partial charge is 0.416 e. The molecule has 0 spiro atoms. The Morgan fingerprint density at radius 3 is 2.28 bits per heavy atom. The van der Waals surface area contributed by atoms with E-state index < -0.39 is 22.6 Å². The molecule has 2 N–H and O–H groups in total. The molecule has 0 fully saturated rings. The fourth-order valence-electron chi connectivity index (χ4n) is 2.89. The molecule has 162 valence electrons. The van der Waals surface area contributed by atoms with E-state index in [2.05, 4.69) is 20.3 Å². The Balaban J connectivity index is 1.76. The maximum Gasteiger partial charge on any atom is 0.416 e. The van der Waals surface area contributed by atoms with E-state index in [0.29, 0.717) is 16.3 Å². The van der Waals surface area contributed by atoms with E-state index in [1.54, 1.807) is 5.38 Å². The number of thiazole rings is 1. The van der Waals surface area contributed by atoms with E-state index in [1.807, 2.05) is 0 Å². The van der Waals surface area contributed by atoms with Gasteiger partial charge in [0.05, 0.1) is 16.2 Å². The molecule has 2 aromatic carbocycles. The SMILES string of the molecule is O=C(Nc1nccs1)c1nc(-c2ccc([N+](=O)[O-])cc2)[nH]c1-c1ccc(C(F)(F)F)cc1. The third-order valence-corrected chi connectivity index (χ3v) is 5.11. The molecule has 12 heteroatoms. The van der Waals surface area contributed by atoms with Crippen LogP contribution >= 0.6 is 11.3 Å². The second kappa shape index (κ2) is 8.23. The molecule has 0 aliphatic heterocycles.